The van der Waals surface area contributed by atoms with Gasteiger partial charge >= 0.3 is 5.97 Å². The van der Waals surface area contributed by atoms with Crippen LogP contribution in [-0.2, 0) is 11.2 Å². The number of allylic oxidation sites excluding steroid dienone is 1. The fourth-order valence-corrected chi connectivity index (χ4v) is 2.91. The summed E-state index contributed by atoms with van der Waals surface area (Å²) in [5, 5.41) is 9.37. The molecular formula is C16H20O2. The minimum absolute atomic E-state index is 0.371. The fraction of sp³-hybridized carbons (Fsp3) is 0.438. The van der Waals surface area contributed by atoms with Gasteiger partial charge in [0, 0.05) is 0 Å². The molecular weight excluding hydrogens is 224 g/mol. The average molecular weight is 244 g/mol. The molecule has 0 radical (unpaired) electrons. The first kappa shape index (κ1) is 12.9. The standard InChI is InChI=1S/C16H20O2/c1-4-12(16(17)18)14-7-5-6-13-10(2)8-9-11(3)15(13)14/h7-9,12H,4-6H2,1-3H3,(H,17,18)/t12-/m0/s1. The molecule has 1 aromatic rings. The van der Waals surface area contributed by atoms with E-state index < -0.39 is 5.97 Å². The van der Waals surface area contributed by atoms with Crippen LogP contribution in [0, 0.1) is 19.8 Å². The number of carboxylic acid groups (broad SMARTS) is 1. The number of carboxylic acids is 1. The van der Waals surface area contributed by atoms with Crippen molar-refractivity contribution in [3.63, 3.8) is 0 Å². The van der Waals surface area contributed by atoms with Crippen molar-refractivity contribution in [3.8, 4) is 0 Å². The molecule has 0 aliphatic heterocycles. The number of aryl methyl sites for hydroxylation is 2. The second kappa shape index (κ2) is 4.97. The molecule has 0 saturated heterocycles. The molecule has 0 amide bonds. The van der Waals surface area contributed by atoms with Gasteiger partial charge in [-0.15, -0.1) is 0 Å². The van der Waals surface area contributed by atoms with Gasteiger partial charge in [-0.3, -0.25) is 4.79 Å². The van der Waals surface area contributed by atoms with Crippen molar-refractivity contribution < 1.29 is 9.90 Å². The summed E-state index contributed by atoms with van der Waals surface area (Å²) in [5.41, 5.74) is 6.03. The van der Waals surface area contributed by atoms with Gasteiger partial charge in [0.2, 0.25) is 0 Å². The maximum atomic E-state index is 11.4. The molecule has 0 saturated carbocycles. The quantitative estimate of drug-likeness (QED) is 0.879. The second-order valence-electron chi connectivity index (χ2n) is 5.05. The van der Waals surface area contributed by atoms with Crippen molar-refractivity contribution >= 4 is 11.5 Å². The first-order valence-corrected chi connectivity index (χ1v) is 6.58. The largest absolute Gasteiger partial charge is 0.481 e. The molecule has 18 heavy (non-hydrogen) atoms. The summed E-state index contributed by atoms with van der Waals surface area (Å²) in [6.45, 7) is 6.13. The third-order valence-corrected chi connectivity index (χ3v) is 3.88. The van der Waals surface area contributed by atoms with Gasteiger partial charge in [-0.05, 0) is 60.9 Å². The van der Waals surface area contributed by atoms with Crippen molar-refractivity contribution in [3.05, 3.63) is 40.5 Å². The first-order valence-electron chi connectivity index (χ1n) is 6.58. The molecule has 96 valence electrons. The smallest absolute Gasteiger partial charge is 0.310 e. The maximum absolute atomic E-state index is 11.4. The Kier molecular flexibility index (Phi) is 3.55. The summed E-state index contributed by atoms with van der Waals surface area (Å²) >= 11 is 0. The lowest BCUT2D eigenvalue weighted by Crippen LogP contribution is -2.18. The van der Waals surface area contributed by atoms with Gasteiger partial charge in [0.25, 0.3) is 0 Å². The SMILES string of the molecule is CC[C@H](C(=O)O)C1=CCCc2c(C)ccc(C)c21. The molecule has 2 nitrogen and oxygen atoms in total. The molecule has 0 aromatic heterocycles. The number of fused-ring (bicyclic) bond motifs is 1. The topological polar surface area (TPSA) is 37.3 Å². The van der Waals surface area contributed by atoms with Gasteiger partial charge in [0.05, 0.1) is 5.92 Å². The second-order valence-corrected chi connectivity index (χ2v) is 5.05. The van der Waals surface area contributed by atoms with Crippen molar-refractivity contribution in [2.24, 2.45) is 5.92 Å². The number of rotatable bonds is 3. The van der Waals surface area contributed by atoms with Gasteiger partial charge < -0.3 is 5.11 Å². The van der Waals surface area contributed by atoms with E-state index in [9.17, 15) is 9.90 Å². The minimum atomic E-state index is -0.711. The van der Waals surface area contributed by atoms with E-state index in [-0.39, 0.29) is 5.92 Å². The van der Waals surface area contributed by atoms with Crippen LogP contribution in [0.3, 0.4) is 0 Å². The van der Waals surface area contributed by atoms with Crippen molar-refractivity contribution in [2.45, 2.75) is 40.0 Å². The molecule has 0 bridgehead atoms. The van der Waals surface area contributed by atoms with Crippen LogP contribution in [0.1, 0.15) is 42.0 Å². The van der Waals surface area contributed by atoms with E-state index in [2.05, 4.69) is 32.1 Å². The van der Waals surface area contributed by atoms with Crippen molar-refractivity contribution in [1.82, 2.24) is 0 Å². The van der Waals surface area contributed by atoms with E-state index in [1.54, 1.807) is 0 Å². The van der Waals surface area contributed by atoms with Crippen LogP contribution >= 0.6 is 0 Å². The van der Waals surface area contributed by atoms with Gasteiger partial charge in [-0.1, -0.05) is 25.1 Å². The molecule has 0 spiro atoms. The predicted molar refractivity (Wildman–Crippen MR) is 73.6 cm³/mol. The molecule has 1 aliphatic rings. The van der Waals surface area contributed by atoms with E-state index in [1.165, 1.54) is 22.3 Å². The van der Waals surface area contributed by atoms with Crippen LogP contribution in [0.15, 0.2) is 18.2 Å². The number of hydrogen-bond donors (Lipinski definition) is 1. The molecule has 1 N–H and O–H groups in total. The Balaban J connectivity index is 2.58. The molecule has 0 fully saturated rings. The van der Waals surface area contributed by atoms with Crippen LogP contribution in [0.25, 0.3) is 5.57 Å². The van der Waals surface area contributed by atoms with Crippen molar-refractivity contribution in [2.75, 3.05) is 0 Å². The highest BCUT2D eigenvalue weighted by Gasteiger charge is 2.26. The van der Waals surface area contributed by atoms with Crippen LogP contribution in [0.5, 0.6) is 0 Å². The van der Waals surface area contributed by atoms with Crippen LogP contribution in [-0.4, -0.2) is 11.1 Å². The Bertz CT molecular complexity index is 512. The molecule has 0 heterocycles. The summed E-state index contributed by atoms with van der Waals surface area (Å²) in [6, 6.07) is 4.24. The maximum Gasteiger partial charge on any atom is 0.310 e. The normalized spacial score (nSPS) is 15.8. The number of hydrogen-bond acceptors (Lipinski definition) is 1. The molecule has 1 atom stereocenters. The monoisotopic (exact) mass is 244 g/mol. The highest BCUT2D eigenvalue weighted by molar-refractivity contribution is 5.89. The lowest BCUT2D eigenvalue weighted by atomic mass is 9.79. The van der Waals surface area contributed by atoms with Gasteiger partial charge in [0.1, 0.15) is 0 Å². The first-order chi connectivity index (χ1) is 8.56. The van der Waals surface area contributed by atoms with E-state index in [0.29, 0.717) is 6.42 Å². The van der Waals surface area contributed by atoms with Crippen molar-refractivity contribution in [1.29, 1.82) is 0 Å². The lowest BCUT2D eigenvalue weighted by molar-refractivity contribution is -0.139. The number of aliphatic carboxylic acids is 1. The highest BCUT2D eigenvalue weighted by Crippen LogP contribution is 2.37. The zero-order valence-corrected chi connectivity index (χ0v) is 11.3. The van der Waals surface area contributed by atoms with E-state index in [4.69, 9.17) is 0 Å². The Hall–Kier alpha value is -1.57. The Morgan fingerprint density at radius 2 is 2.00 bits per heavy atom. The third-order valence-electron chi connectivity index (χ3n) is 3.88. The molecule has 2 rings (SSSR count). The summed E-state index contributed by atoms with van der Waals surface area (Å²) in [4.78, 5) is 11.4. The highest BCUT2D eigenvalue weighted by atomic mass is 16.4. The number of benzene rings is 1. The predicted octanol–water partition coefficient (Wildman–Crippen LogP) is 3.74. The van der Waals surface area contributed by atoms with Gasteiger partial charge in [-0.2, -0.15) is 0 Å². The molecule has 1 aliphatic carbocycles. The van der Waals surface area contributed by atoms with Crippen LogP contribution in [0.4, 0.5) is 0 Å². The molecule has 1 aromatic carbocycles. The zero-order chi connectivity index (χ0) is 13.3. The van der Waals surface area contributed by atoms with Gasteiger partial charge in [-0.25, -0.2) is 0 Å². The Morgan fingerprint density at radius 3 is 2.61 bits per heavy atom. The summed E-state index contributed by atoms with van der Waals surface area (Å²) < 4.78 is 0. The van der Waals surface area contributed by atoms with E-state index in [0.717, 1.165) is 18.4 Å². The Morgan fingerprint density at radius 1 is 1.33 bits per heavy atom. The average Bonchev–Trinajstić information content (AvgIpc) is 2.34. The zero-order valence-electron chi connectivity index (χ0n) is 11.3. The lowest BCUT2D eigenvalue weighted by Gasteiger charge is -2.25. The number of carbonyl (C=O) groups is 1. The summed E-state index contributed by atoms with van der Waals surface area (Å²) in [5.74, 6) is -1.08. The Labute approximate surface area is 108 Å². The summed E-state index contributed by atoms with van der Waals surface area (Å²) in [6.07, 6.45) is 4.75. The molecule has 2 heteroatoms. The van der Waals surface area contributed by atoms with Crippen LogP contribution in [0.2, 0.25) is 0 Å². The fourth-order valence-electron chi connectivity index (χ4n) is 2.91. The van der Waals surface area contributed by atoms with Gasteiger partial charge in [0.15, 0.2) is 0 Å². The van der Waals surface area contributed by atoms with E-state index >= 15 is 0 Å². The van der Waals surface area contributed by atoms with Crippen LogP contribution < -0.4 is 0 Å². The minimum Gasteiger partial charge on any atom is -0.481 e. The molecule has 0 unspecified atom stereocenters. The van der Waals surface area contributed by atoms with E-state index in [1.807, 2.05) is 6.92 Å². The third kappa shape index (κ3) is 2.07. The summed E-state index contributed by atoms with van der Waals surface area (Å²) in [7, 11) is 0.